The van der Waals surface area contributed by atoms with Gasteiger partial charge in [0.2, 0.25) is 0 Å². The first-order valence-electron chi connectivity index (χ1n) is 5.61. The third kappa shape index (κ3) is 2.38. The van der Waals surface area contributed by atoms with Gasteiger partial charge < -0.3 is 15.4 Å². The van der Waals surface area contributed by atoms with E-state index in [2.05, 4.69) is 4.98 Å². The van der Waals surface area contributed by atoms with Crippen molar-refractivity contribution in [2.45, 2.75) is 19.1 Å². The molecule has 0 aliphatic heterocycles. The highest BCUT2D eigenvalue weighted by atomic mass is 16.3. The molecule has 0 aliphatic rings. The van der Waals surface area contributed by atoms with Crippen molar-refractivity contribution < 1.29 is 5.11 Å². The molecule has 0 aliphatic carbocycles. The summed E-state index contributed by atoms with van der Waals surface area (Å²) >= 11 is 0. The number of rotatable bonds is 4. The van der Waals surface area contributed by atoms with Crippen LogP contribution in [0.1, 0.15) is 11.4 Å². The van der Waals surface area contributed by atoms with Crippen molar-refractivity contribution >= 4 is 0 Å². The van der Waals surface area contributed by atoms with Gasteiger partial charge in [0.05, 0.1) is 6.54 Å². The summed E-state index contributed by atoms with van der Waals surface area (Å²) in [6, 6.07) is 9.49. The molecule has 2 rings (SSSR count). The van der Waals surface area contributed by atoms with Crippen LogP contribution in [0.5, 0.6) is 0 Å². The zero-order valence-electron chi connectivity index (χ0n) is 9.87. The van der Waals surface area contributed by atoms with Crippen LogP contribution in [0, 0.1) is 6.92 Å². The molecule has 1 aromatic carbocycles. The van der Waals surface area contributed by atoms with Crippen molar-refractivity contribution in [1.82, 2.24) is 9.55 Å². The molecule has 0 radical (unpaired) electrons. The van der Waals surface area contributed by atoms with Gasteiger partial charge in [0.1, 0.15) is 11.4 Å². The quantitative estimate of drug-likeness (QED) is 0.826. The van der Waals surface area contributed by atoms with Gasteiger partial charge in [0.15, 0.2) is 0 Å². The first kappa shape index (κ1) is 11.8. The predicted molar refractivity (Wildman–Crippen MR) is 66.4 cm³/mol. The minimum atomic E-state index is -1.05. The fourth-order valence-electron chi connectivity index (χ4n) is 1.87. The Hall–Kier alpha value is -1.65. The summed E-state index contributed by atoms with van der Waals surface area (Å²) in [6.45, 7) is 2.50. The second kappa shape index (κ2) is 4.69. The molecule has 1 unspecified atom stereocenters. The smallest absolute Gasteiger partial charge is 0.120 e. The number of aliphatic hydroxyl groups is 1. The van der Waals surface area contributed by atoms with Gasteiger partial charge in [-0.1, -0.05) is 30.3 Å². The van der Waals surface area contributed by atoms with E-state index in [9.17, 15) is 5.11 Å². The lowest BCUT2D eigenvalue weighted by molar-refractivity contribution is 0.0269. The molecule has 0 amide bonds. The first-order chi connectivity index (χ1) is 8.15. The SMILES string of the molecule is Cc1nccn1CC(O)(CN)c1ccccc1. The van der Waals surface area contributed by atoms with Crippen LogP contribution in [0.4, 0.5) is 0 Å². The molecule has 1 atom stereocenters. The van der Waals surface area contributed by atoms with E-state index < -0.39 is 5.60 Å². The Bertz CT molecular complexity index is 480. The number of benzene rings is 1. The largest absolute Gasteiger partial charge is 0.382 e. The van der Waals surface area contributed by atoms with E-state index in [-0.39, 0.29) is 6.54 Å². The molecule has 0 saturated carbocycles. The van der Waals surface area contributed by atoms with Gasteiger partial charge in [-0.3, -0.25) is 0 Å². The summed E-state index contributed by atoms with van der Waals surface area (Å²) in [6.07, 6.45) is 3.57. The highest BCUT2D eigenvalue weighted by Crippen LogP contribution is 2.22. The standard InChI is InChI=1S/C13H17N3O/c1-11-15-7-8-16(11)10-13(17,9-14)12-5-3-2-4-6-12/h2-8,17H,9-10,14H2,1H3. The van der Waals surface area contributed by atoms with E-state index in [1.54, 1.807) is 6.20 Å². The minimum Gasteiger partial charge on any atom is -0.382 e. The van der Waals surface area contributed by atoms with E-state index in [1.807, 2.05) is 48.0 Å². The third-order valence-corrected chi connectivity index (χ3v) is 3.00. The first-order valence-corrected chi connectivity index (χ1v) is 5.61. The highest BCUT2D eigenvalue weighted by Gasteiger charge is 2.28. The van der Waals surface area contributed by atoms with Gasteiger partial charge in [-0.25, -0.2) is 4.98 Å². The number of nitrogens with zero attached hydrogens (tertiary/aromatic N) is 2. The maximum absolute atomic E-state index is 10.6. The van der Waals surface area contributed by atoms with Crippen molar-refractivity contribution in [3.05, 3.63) is 54.1 Å². The molecule has 0 fully saturated rings. The lowest BCUT2D eigenvalue weighted by Gasteiger charge is -2.28. The topological polar surface area (TPSA) is 64.1 Å². The number of aromatic nitrogens is 2. The average molecular weight is 231 g/mol. The van der Waals surface area contributed by atoms with E-state index in [0.29, 0.717) is 6.54 Å². The van der Waals surface area contributed by atoms with E-state index >= 15 is 0 Å². The molecule has 1 aromatic heterocycles. The molecule has 0 saturated heterocycles. The van der Waals surface area contributed by atoms with Crippen LogP contribution < -0.4 is 5.73 Å². The van der Waals surface area contributed by atoms with Crippen LogP contribution in [0.3, 0.4) is 0 Å². The van der Waals surface area contributed by atoms with Crippen LogP contribution in [0.25, 0.3) is 0 Å². The molecule has 0 spiro atoms. The van der Waals surface area contributed by atoms with Crippen LogP contribution >= 0.6 is 0 Å². The van der Waals surface area contributed by atoms with Gasteiger partial charge in [-0.05, 0) is 12.5 Å². The zero-order valence-corrected chi connectivity index (χ0v) is 9.87. The number of aryl methyl sites for hydroxylation is 1. The van der Waals surface area contributed by atoms with E-state index in [1.165, 1.54) is 0 Å². The number of hydrogen-bond donors (Lipinski definition) is 2. The van der Waals surface area contributed by atoms with Gasteiger partial charge in [0, 0.05) is 18.9 Å². The van der Waals surface area contributed by atoms with Gasteiger partial charge in [-0.2, -0.15) is 0 Å². The van der Waals surface area contributed by atoms with Crippen molar-refractivity contribution in [2.24, 2.45) is 5.73 Å². The molecular formula is C13H17N3O. The Kier molecular flexibility index (Phi) is 3.26. The summed E-state index contributed by atoms with van der Waals surface area (Å²) in [7, 11) is 0. The number of imidazole rings is 1. The van der Waals surface area contributed by atoms with Gasteiger partial charge in [-0.15, -0.1) is 0 Å². The molecule has 2 aromatic rings. The van der Waals surface area contributed by atoms with Crippen molar-refractivity contribution in [1.29, 1.82) is 0 Å². The maximum atomic E-state index is 10.6. The fourth-order valence-corrected chi connectivity index (χ4v) is 1.87. The predicted octanol–water partition coefficient (Wildman–Crippen LogP) is 1.04. The van der Waals surface area contributed by atoms with Crippen molar-refractivity contribution in [2.75, 3.05) is 6.54 Å². The molecule has 3 N–H and O–H groups in total. The van der Waals surface area contributed by atoms with E-state index in [0.717, 1.165) is 11.4 Å². The zero-order chi connectivity index (χ0) is 12.3. The fraction of sp³-hybridized carbons (Fsp3) is 0.308. The number of hydrogen-bond acceptors (Lipinski definition) is 3. The Labute approximate surface area is 101 Å². The van der Waals surface area contributed by atoms with Crippen molar-refractivity contribution in [3.63, 3.8) is 0 Å². The summed E-state index contributed by atoms with van der Waals surface area (Å²) in [4.78, 5) is 4.14. The molecular weight excluding hydrogens is 214 g/mol. The van der Waals surface area contributed by atoms with Crippen LogP contribution in [0.15, 0.2) is 42.7 Å². The Balaban J connectivity index is 2.30. The average Bonchev–Trinajstić information content (AvgIpc) is 2.76. The molecule has 90 valence electrons. The van der Waals surface area contributed by atoms with E-state index in [4.69, 9.17) is 5.73 Å². The monoisotopic (exact) mass is 231 g/mol. The van der Waals surface area contributed by atoms with Gasteiger partial charge in [0.25, 0.3) is 0 Å². The van der Waals surface area contributed by atoms with Crippen LogP contribution in [-0.2, 0) is 12.1 Å². The lowest BCUT2D eigenvalue weighted by Crippen LogP contribution is -2.39. The van der Waals surface area contributed by atoms with Crippen molar-refractivity contribution in [3.8, 4) is 0 Å². The Morgan fingerprint density at radius 2 is 2.06 bits per heavy atom. The van der Waals surface area contributed by atoms with Crippen LogP contribution in [0.2, 0.25) is 0 Å². The minimum absolute atomic E-state index is 0.175. The molecule has 4 heteroatoms. The lowest BCUT2D eigenvalue weighted by atomic mass is 9.94. The van der Waals surface area contributed by atoms with Gasteiger partial charge >= 0.3 is 0 Å². The molecule has 0 bridgehead atoms. The number of nitrogens with two attached hydrogens (primary N) is 1. The summed E-state index contributed by atoms with van der Waals surface area (Å²) in [5.74, 6) is 0.868. The second-order valence-electron chi connectivity index (χ2n) is 4.20. The Morgan fingerprint density at radius 3 is 2.59 bits per heavy atom. The highest BCUT2D eigenvalue weighted by molar-refractivity contribution is 5.22. The maximum Gasteiger partial charge on any atom is 0.120 e. The van der Waals surface area contributed by atoms with Crippen LogP contribution in [-0.4, -0.2) is 21.2 Å². The molecule has 1 heterocycles. The summed E-state index contributed by atoms with van der Waals surface area (Å²) in [5.41, 5.74) is 5.50. The normalized spacial score (nSPS) is 14.5. The molecule has 4 nitrogen and oxygen atoms in total. The molecule has 17 heavy (non-hydrogen) atoms. The third-order valence-electron chi connectivity index (χ3n) is 3.00. The summed E-state index contributed by atoms with van der Waals surface area (Å²) < 4.78 is 1.90. The Morgan fingerprint density at radius 1 is 1.35 bits per heavy atom. The summed E-state index contributed by atoms with van der Waals surface area (Å²) in [5, 5.41) is 10.6. The second-order valence-corrected chi connectivity index (χ2v) is 4.20.